The number of likely N-dealkylation sites (N-methyl/N-ethyl adjacent to an activating group) is 1. The van der Waals surface area contributed by atoms with E-state index in [4.69, 9.17) is 4.74 Å². The van der Waals surface area contributed by atoms with Crippen LogP contribution < -0.4 is 10.1 Å². The van der Waals surface area contributed by atoms with Gasteiger partial charge in [-0.15, -0.1) is 0 Å². The van der Waals surface area contributed by atoms with E-state index in [2.05, 4.69) is 5.32 Å². The molecule has 0 aliphatic carbocycles. The van der Waals surface area contributed by atoms with Gasteiger partial charge in [-0.2, -0.15) is 0 Å². The van der Waals surface area contributed by atoms with Crippen molar-refractivity contribution in [1.29, 1.82) is 0 Å². The number of carbonyl (C=O) groups is 2. The second-order valence-corrected chi connectivity index (χ2v) is 6.47. The van der Waals surface area contributed by atoms with Gasteiger partial charge in [-0.3, -0.25) is 19.7 Å². The van der Waals surface area contributed by atoms with E-state index in [1.54, 1.807) is 43.5 Å². The van der Waals surface area contributed by atoms with Gasteiger partial charge in [0.2, 0.25) is 11.8 Å². The topological polar surface area (TPSA) is 102 Å². The minimum absolute atomic E-state index is 0.116. The average Bonchev–Trinajstić information content (AvgIpc) is 2.73. The number of nitro benzene ring substituents is 1. The molecule has 8 nitrogen and oxygen atoms in total. The number of ether oxygens (including phenoxy) is 1. The van der Waals surface area contributed by atoms with Crippen LogP contribution >= 0.6 is 0 Å². The van der Waals surface area contributed by atoms with Crippen molar-refractivity contribution in [3.8, 4) is 5.75 Å². The zero-order valence-corrected chi connectivity index (χ0v) is 16.8. The third-order valence-electron chi connectivity index (χ3n) is 4.65. The standard InChI is InChI=1S/C21H25N3O5/c1-4-18(21(26)22-2)23(14-15-8-7-10-17(12-15)29-3)20(25)13-16-9-5-6-11-19(16)24(27)28/h5-12,18H,4,13-14H2,1-3H3,(H,22,26)/t18-/m0/s1. The number of para-hydroxylation sites is 1. The minimum Gasteiger partial charge on any atom is -0.497 e. The molecule has 0 unspecified atom stereocenters. The highest BCUT2D eigenvalue weighted by Gasteiger charge is 2.29. The monoisotopic (exact) mass is 399 g/mol. The molecule has 0 aliphatic rings. The highest BCUT2D eigenvalue weighted by Crippen LogP contribution is 2.22. The molecule has 0 spiro atoms. The van der Waals surface area contributed by atoms with Crippen LogP contribution in [0.5, 0.6) is 5.75 Å². The van der Waals surface area contributed by atoms with Gasteiger partial charge in [0, 0.05) is 25.2 Å². The SMILES string of the molecule is CC[C@@H](C(=O)NC)N(Cc1cccc(OC)c1)C(=O)Cc1ccccc1[N+](=O)[O-]. The maximum absolute atomic E-state index is 13.2. The summed E-state index contributed by atoms with van der Waals surface area (Å²) in [6.07, 6.45) is 0.237. The summed E-state index contributed by atoms with van der Waals surface area (Å²) in [5, 5.41) is 13.9. The van der Waals surface area contributed by atoms with E-state index in [-0.39, 0.29) is 30.5 Å². The van der Waals surface area contributed by atoms with E-state index < -0.39 is 11.0 Å². The van der Waals surface area contributed by atoms with Crippen LogP contribution in [0.3, 0.4) is 0 Å². The van der Waals surface area contributed by atoms with E-state index in [1.807, 2.05) is 13.0 Å². The molecule has 154 valence electrons. The number of amides is 2. The number of methoxy groups -OCH3 is 1. The summed E-state index contributed by atoms with van der Waals surface area (Å²) in [5.74, 6) is -0.00883. The van der Waals surface area contributed by atoms with Gasteiger partial charge in [0.1, 0.15) is 11.8 Å². The van der Waals surface area contributed by atoms with Crippen LogP contribution in [0.15, 0.2) is 48.5 Å². The van der Waals surface area contributed by atoms with Crippen molar-refractivity contribution < 1.29 is 19.2 Å². The third-order valence-corrected chi connectivity index (χ3v) is 4.65. The molecular weight excluding hydrogens is 374 g/mol. The predicted molar refractivity (Wildman–Crippen MR) is 108 cm³/mol. The first-order chi connectivity index (χ1) is 13.9. The molecule has 2 aromatic carbocycles. The van der Waals surface area contributed by atoms with Gasteiger partial charge in [-0.05, 0) is 24.1 Å². The van der Waals surface area contributed by atoms with Gasteiger partial charge < -0.3 is 15.0 Å². The number of nitrogens with zero attached hydrogens (tertiary/aromatic N) is 2. The van der Waals surface area contributed by atoms with Crippen LogP contribution in [0.2, 0.25) is 0 Å². The van der Waals surface area contributed by atoms with Gasteiger partial charge in [0.25, 0.3) is 5.69 Å². The quantitative estimate of drug-likeness (QED) is 0.516. The Balaban J connectivity index is 2.36. The Bertz CT molecular complexity index is 884. The van der Waals surface area contributed by atoms with Crippen molar-refractivity contribution in [1.82, 2.24) is 10.2 Å². The number of benzene rings is 2. The second-order valence-electron chi connectivity index (χ2n) is 6.47. The normalized spacial score (nSPS) is 11.4. The molecule has 2 amide bonds. The molecule has 1 N–H and O–H groups in total. The number of hydrogen-bond acceptors (Lipinski definition) is 5. The highest BCUT2D eigenvalue weighted by atomic mass is 16.6. The van der Waals surface area contributed by atoms with Gasteiger partial charge in [0.15, 0.2) is 0 Å². The predicted octanol–water partition coefficient (Wildman–Crippen LogP) is 2.70. The van der Waals surface area contributed by atoms with Crippen LogP contribution in [0, 0.1) is 10.1 Å². The number of nitrogens with one attached hydrogen (secondary N) is 1. The maximum Gasteiger partial charge on any atom is 0.273 e. The Hall–Kier alpha value is -3.42. The Labute approximate surface area is 169 Å². The lowest BCUT2D eigenvalue weighted by molar-refractivity contribution is -0.385. The molecule has 0 saturated heterocycles. The van der Waals surface area contributed by atoms with Crippen molar-refractivity contribution in [2.24, 2.45) is 0 Å². The fraction of sp³-hybridized carbons (Fsp3) is 0.333. The summed E-state index contributed by atoms with van der Waals surface area (Å²) in [4.78, 5) is 37.8. The summed E-state index contributed by atoms with van der Waals surface area (Å²) < 4.78 is 5.23. The summed E-state index contributed by atoms with van der Waals surface area (Å²) in [6, 6.07) is 12.7. The Morgan fingerprint density at radius 3 is 2.55 bits per heavy atom. The van der Waals surface area contributed by atoms with E-state index in [0.717, 1.165) is 5.56 Å². The van der Waals surface area contributed by atoms with E-state index >= 15 is 0 Å². The molecular formula is C21H25N3O5. The fourth-order valence-electron chi connectivity index (χ4n) is 3.16. The third kappa shape index (κ3) is 5.54. The molecule has 0 heterocycles. The van der Waals surface area contributed by atoms with Crippen molar-refractivity contribution in [3.05, 3.63) is 69.8 Å². The van der Waals surface area contributed by atoms with Crippen molar-refractivity contribution in [2.45, 2.75) is 32.4 Å². The molecule has 2 aromatic rings. The molecule has 0 aromatic heterocycles. The number of carbonyl (C=O) groups excluding carboxylic acids is 2. The Kier molecular flexibility index (Phi) is 7.70. The van der Waals surface area contributed by atoms with Crippen molar-refractivity contribution in [2.75, 3.05) is 14.2 Å². The van der Waals surface area contributed by atoms with E-state index in [9.17, 15) is 19.7 Å². The number of hydrogen-bond donors (Lipinski definition) is 1. The fourth-order valence-corrected chi connectivity index (χ4v) is 3.16. The lowest BCUT2D eigenvalue weighted by atomic mass is 10.1. The summed E-state index contributed by atoms with van der Waals surface area (Å²) >= 11 is 0. The number of nitro groups is 1. The summed E-state index contributed by atoms with van der Waals surface area (Å²) in [7, 11) is 3.07. The van der Waals surface area contributed by atoms with Crippen molar-refractivity contribution >= 4 is 17.5 Å². The lowest BCUT2D eigenvalue weighted by Gasteiger charge is -2.30. The maximum atomic E-state index is 13.2. The average molecular weight is 399 g/mol. The molecule has 2 rings (SSSR count). The molecule has 0 aliphatic heterocycles. The molecule has 0 fully saturated rings. The molecule has 1 atom stereocenters. The van der Waals surface area contributed by atoms with Gasteiger partial charge >= 0.3 is 0 Å². The first-order valence-electron chi connectivity index (χ1n) is 9.27. The van der Waals surface area contributed by atoms with Crippen molar-refractivity contribution in [3.63, 3.8) is 0 Å². The van der Waals surface area contributed by atoms with Gasteiger partial charge in [-0.1, -0.05) is 37.3 Å². The second kappa shape index (κ2) is 10.2. The first kappa shape index (κ1) is 21.9. The Morgan fingerprint density at radius 1 is 1.21 bits per heavy atom. The van der Waals surface area contributed by atoms with Crippen LogP contribution in [-0.4, -0.2) is 41.8 Å². The van der Waals surface area contributed by atoms with Crippen LogP contribution in [-0.2, 0) is 22.6 Å². The molecule has 0 bridgehead atoms. The largest absolute Gasteiger partial charge is 0.497 e. The molecule has 0 radical (unpaired) electrons. The minimum atomic E-state index is -0.693. The smallest absolute Gasteiger partial charge is 0.273 e. The summed E-state index contributed by atoms with van der Waals surface area (Å²) in [6.45, 7) is 2.00. The van der Waals surface area contributed by atoms with E-state index in [0.29, 0.717) is 17.7 Å². The van der Waals surface area contributed by atoms with Crippen LogP contribution in [0.1, 0.15) is 24.5 Å². The first-order valence-corrected chi connectivity index (χ1v) is 9.27. The highest BCUT2D eigenvalue weighted by molar-refractivity contribution is 5.88. The zero-order chi connectivity index (χ0) is 21.4. The van der Waals surface area contributed by atoms with Crippen LogP contribution in [0.25, 0.3) is 0 Å². The van der Waals surface area contributed by atoms with E-state index in [1.165, 1.54) is 18.0 Å². The summed E-state index contributed by atoms with van der Waals surface area (Å²) in [5.41, 5.74) is 0.989. The zero-order valence-electron chi connectivity index (χ0n) is 16.8. The lowest BCUT2D eigenvalue weighted by Crippen LogP contribution is -2.48. The molecule has 0 saturated carbocycles. The van der Waals surface area contributed by atoms with Crippen LogP contribution in [0.4, 0.5) is 5.69 Å². The number of rotatable bonds is 9. The molecule has 8 heteroatoms. The van der Waals surface area contributed by atoms with Gasteiger partial charge in [-0.25, -0.2) is 0 Å². The van der Waals surface area contributed by atoms with Gasteiger partial charge in [0.05, 0.1) is 18.5 Å². The molecule has 29 heavy (non-hydrogen) atoms. The Morgan fingerprint density at radius 2 is 1.93 bits per heavy atom.